The van der Waals surface area contributed by atoms with Crippen molar-refractivity contribution in [3.63, 3.8) is 0 Å². The number of nitrogens with one attached hydrogen (secondary N) is 2. The second kappa shape index (κ2) is 7.85. The SMILES string of the molecule is CNC(CCSNC1=NCCN1CC(=O)O)C(=O)O. The molecule has 1 unspecified atom stereocenters. The lowest BCUT2D eigenvalue weighted by Crippen LogP contribution is -2.39. The van der Waals surface area contributed by atoms with E-state index >= 15 is 0 Å². The number of nitrogens with zero attached hydrogens (tertiary/aromatic N) is 2. The maximum absolute atomic E-state index is 10.8. The molecule has 0 aromatic heterocycles. The maximum atomic E-state index is 10.8. The third-order valence-electron chi connectivity index (χ3n) is 2.58. The number of likely N-dealkylation sites (N-methyl/N-ethyl adjacent to an activating group) is 1. The summed E-state index contributed by atoms with van der Waals surface area (Å²) in [5.74, 6) is -0.655. The summed E-state index contributed by atoms with van der Waals surface area (Å²) in [5, 5.41) is 20.3. The zero-order chi connectivity index (χ0) is 14.3. The highest BCUT2D eigenvalue weighted by Crippen LogP contribution is 2.06. The number of carbonyl (C=O) groups is 2. The van der Waals surface area contributed by atoms with E-state index in [4.69, 9.17) is 10.2 Å². The van der Waals surface area contributed by atoms with Crippen LogP contribution < -0.4 is 10.0 Å². The molecule has 4 N–H and O–H groups in total. The molecule has 0 bridgehead atoms. The summed E-state index contributed by atoms with van der Waals surface area (Å²) in [6, 6.07) is -0.574. The molecule has 0 aliphatic carbocycles. The van der Waals surface area contributed by atoms with Gasteiger partial charge in [0.25, 0.3) is 0 Å². The van der Waals surface area contributed by atoms with Crippen LogP contribution in [0.2, 0.25) is 0 Å². The van der Waals surface area contributed by atoms with Crippen LogP contribution in [-0.4, -0.2) is 71.5 Å². The van der Waals surface area contributed by atoms with E-state index in [0.717, 1.165) is 0 Å². The van der Waals surface area contributed by atoms with Crippen LogP contribution in [0.5, 0.6) is 0 Å². The summed E-state index contributed by atoms with van der Waals surface area (Å²) >= 11 is 1.32. The molecule has 19 heavy (non-hydrogen) atoms. The number of aliphatic imine (C=N–C) groups is 1. The standard InChI is InChI=1S/C10H18N4O4S/c1-11-7(9(17)18)2-5-19-13-10-12-3-4-14(10)6-8(15)16/h7,11H,2-6H2,1H3,(H,12,13)(H,15,16)(H,17,18). The molecule has 0 saturated carbocycles. The molecule has 0 radical (unpaired) electrons. The first-order valence-electron chi connectivity index (χ1n) is 5.83. The number of guanidine groups is 1. The molecule has 0 amide bonds. The monoisotopic (exact) mass is 290 g/mol. The minimum absolute atomic E-state index is 0.0827. The molecule has 0 saturated heterocycles. The van der Waals surface area contributed by atoms with Crippen LogP contribution in [0.3, 0.4) is 0 Å². The maximum Gasteiger partial charge on any atom is 0.323 e. The highest BCUT2D eigenvalue weighted by molar-refractivity contribution is 7.97. The fraction of sp³-hybridized carbons (Fsp3) is 0.700. The van der Waals surface area contributed by atoms with E-state index in [1.807, 2.05) is 0 Å². The second-order valence-corrected chi connectivity index (χ2v) is 4.84. The minimum Gasteiger partial charge on any atom is -0.480 e. The van der Waals surface area contributed by atoms with Gasteiger partial charge in [0.05, 0.1) is 6.54 Å². The third-order valence-corrected chi connectivity index (χ3v) is 3.34. The number of aliphatic carboxylic acids is 2. The van der Waals surface area contributed by atoms with Gasteiger partial charge in [0.1, 0.15) is 12.6 Å². The molecule has 9 heteroatoms. The number of rotatable bonds is 8. The summed E-state index contributed by atoms with van der Waals surface area (Å²) in [5.41, 5.74) is 0. The Morgan fingerprint density at radius 2 is 2.26 bits per heavy atom. The van der Waals surface area contributed by atoms with Gasteiger partial charge < -0.3 is 25.2 Å². The predicted molar refractivity (Wildman–Crippen MR) is 72.2 cm³/mol. The van der Waals surface area contributed by atoms with Crippen LogP contribution in [0, 0.1) is 0 Å². The lowest BCUT2D eigenvalue weighted by atomic mass is 10.2. The van der Waals surface area contributed by atoms with Crippen LogP contribution >= 0.6 is 11.9 Å². The lowest BCUT2D eigenvalue weighted by Gasteiger charge is -2.18. The number of hydrogen-bond acceptors (Lipinski definition) is 7. The third kappa shape index (κ3) is 5.35. The Hall–Kier alpha value is -1.48. The smallest absolute Gasteiger partial charge is 0.323 e. The van der Waals surface area contributed by atoms with E-state index in [-0.39, 0.29) is 6.54 Å². The number of carboxylic acids is 2. The lowest BCUT2D eigenvalue weighted by molar-refractivity contribution is -0.139. The van der Waals surface area contributed by atoms with Gasteiger partial charge in [-0.1, -0.05) is 11.9 Å². The molecule has 1 rings (SSSR count). The van der Waals surface area contributed by atoms with E-state index in [2.05, 4.69) is 15.0 Å². The number of carboxylic acid groups (broad SMARTS) is 2. The molecule has 0 spiro atoms. The van der Waals surface area contributed by atoms with Crippen LogP contribution in [0.1, 0.15) is 6.42 Å². The Labute approximate surface area is 115 Å². The Balaban J connectivity index is 2.25. The van der Waals surface area contributed by atoms with Crippen LogP contribution in [0.15, 0.2) is 4.99 Å². The molecular formula is C10H18N4O4S. The quantitative estimate of drug-likeness (QED) is 0.334. The van der Waals surface area contributed by atoms with Gasteiger partial charge in [-0.2, -0.15) is 0 Å². The Bertz CT molecular complexity index is 363. The van der Waals surface area contributed by atoms with Crippen molar-refractivity contribution in [2.75, 3.05) is 32.4 Å². The van der Waals surface area contributed by atoms with E-state index in [9.17, 15) is 9.59 Å². The zero-order valence-electron chi connectivity index (χ0n) is 10.6. The first kappa shape index (κ1) is 15.6. The normalized spacial score (nSPS) is 16.1. The van der Waals surface area contributed by atoms with Crippen molar-refractivity contribution < 1.29 is 19.8 Å². The van der Waals surface area contributed by atoms with Crippen molar-refractivity contribution in [1.82, 2.24) is 14.9 Å². The molecule has 1 aliphatic rings. The van der Waals surface area contributed by atoms with Gasteiger partial charge in [0.2, 0.25) is 5.96 Å². The molecule has 108 valence electrons. The topological polar surface area (TPSA) is 114 Å². The van der Waals surface area contributed by atoms with Crippen molar-refractivity contribution in [1.29, 1.82) is 0 Å². The average molecular weight is 290 g/mol. The largest absolute Gasteiger partial charge is 0.480 e. The van der Waals surface area contributed by atoms with Gasteiger partial charge >= 0.3 is 11.9 Å². The zero-order valence-corrected chi connectivity index (χ0v) is 11.4. The van der Waals surface area contributed by atoms with Crippen molar-refractivity contribution in [3.8, 4) is 0 Å². The molecule has 0 fully saturated rings. The Morgan fingerprint density at radius 1 is 1.53 bits per heavy atom. The van der Waals surface area contributed by atoms with Crippen LogP contribution in [0.25, 0.3) is 0 Å². The molecule has 1 atom stereocenters. The van der Waals surface area contributed by atoms with Gasteiger partial charge in [0, 0.05) is 12.3 Å². The van der Waals surface area contributed by atoms with Crippen LogP contribution in [-0.2, 0) is 9.59 Å². The summed E-state index contributed by atoms with van der Waals surface area (Å²) < 4.78 is 2.96. The molecule has 0 aromatic rings. The van der Waals surface area contributed by atoms with Gasteiger partial charge in [0.15, 0.2) is 0 Å². The van der Waals surface area contributed by atoms with E-state index in [1.54, 1.807) is 11.9 Å². The molecule has 1 aliphatic heterocycles. The van der Waals surface area contributed by atoms with Crippen molar-refractivity contribution in [2.45, 2.75) is 12.5 Å². The van der Waals surface area contributed by atoms with Gasteiger partial charge in [-0.25, -0.2) is 0 Å². The van der Waals surface area contributed by atoms with Crippen molar-refractivity contribution in [2.24, 2.45) is 4.99 Å². The van der Waals surface area contributed by atoms with Gasteiger partial charge in [-0.15, -0.1) is 0 Å². The minimum atomic E-state index is -0.900. The fourth-order valence-electron chi connectivity index (χ4n) is 1.58. The summed E-state index contributed by atoms with van der Waals surface area (Å²) in [4.78, 5) is 27.2. The van der Waals surface area contributed by atoms with E-state index in [0.29, 0.717) is 31.2 Å². The average Bonchev–Trinajstić information content (AvgIpc) is 2.75. The first-order valence-corrected chi connectivity index (χ1v) is 6.82. The first-order chi connectivity index (χ1) is 9.04. The van der Waals surface area contributed by atoms with E-state index in [1.165, 1.54) is 11.9 Å². The fourth-order valence-corrected chi connectivity index (χ4v) is 2.36. The predicted octanol–water partition coefficient (Wildman–Crippen LogP) is -0.957. The molecule has 0 aromatic carbocycles. The molecule has 1 heterocycles. The van der Waals surface area contributed by atoms with E-state index < -0.39 is 18.0 Å². The van der Waals surface area contributed by atoms with Crippen LogP contribution in [0.4, 0.5) is 0 Å². The second-order valence-electron chi connectivity index (χ2n) is 3.94. The summed E-state index contributed by atoms with van der Waals surface area (Å²) in [7, 11) is 1.60. The van der Waals surface area contributed by atoms with Gasteiger partial charge in [-0.3, -0.25) is 14.6 Å². The highest BCUT2D eigenvalue weighted by atomic mass is 32.2. The molecule has 8 nitrogen and oxygen atoms in total. The highest BCUT2D eigenvalue weighted by Gasteiger charge is 2.19. The van der Waals surface area contributed by atoms with Crippen molar-refractivity contribution >= 4 is 29.8 Å². The summed E-state index contributed by atoms with van der Waals surface area (Å²) in [6.45, 7) is 1.08. The van der Waals surface area contributed by atoms with Gasteiger partial charge in [-0.05, 0) is 13.5 Å². The Kier molecular flexibility index (Phi) is 6.43. The summed E-state index contributed by atoms with van der Waals surface area (Å²) in [6.07, 6.45) is 0.468. The van der Waals surface area contributed by atoms with Crippen molar-refractivity contribution in [3.05, 3.63) is 0 Å². The Morgan fingerprint density at radius 3 is 2.84 bits per heavy atom. The molecular weight excluding hydrogens is 272 g/mol. The number of hydrogen-bond donors (Lipinski definition) is 4.